The Hall–Kier alpha value is -3.64. The summed E-state index contributed by atoms with van der Waals surface area (Å²) >= 11 is 0. The van der Waals surface area contributed by atoms with Crippen molar-refractivity contribution in [2.75, 3.05) is 43.4 Å². The van der Waals surface area contributed by atoms with Crippen molar-refractivity contribution in [2.24, 2.45) is 0 Å². The van der Waals surface area contributed by atoms with Gasteiger partial charge in [0.05, 0.1) is 11.4 Å². The van der Waals surface area contributed by atoms with Crippen LogP contribution in [0.15, 0.2) is 42.4 Å². The van der Waals surface area contributed by atoms with Gasteiger partial charge < -0.3 is 25.6 Å². The standard InChI is InChI=1S/C21H23N7O2/c22-14-15(20-26-17-4-1-2-5-18(17)30-20)16-7-9-25-21(27-16)24-8-3-6-19(29)28-12-10-23-11-13-28/h1-2,4-5,7,9,23,26H,3,6,8,10-13H2,(H,24,25,27)/b20-15-. The van der Waals surface area contributed by atoms with E-state index in [1.807, 2.05) is 29.2 Å². The lowest BCUT2D eigenvalue weighted by Gasteiger charge is -2.27. The molecule has 3 N–H and O–H groups in total. The second kappa shape index (κ2) is 9.24. The smallest absolute Gasteiger partial charge is 0.223 e. The number of allylic oxidation sites excluding steroid dienone is 1. The number of aromatic nitrogens is 2. The number of para-hydroxylation sites is 2. The molecule has 9 heteroatoms. The first-order valence-electron chi connectivity index (χ1n) is 9.98. The number of anilines is 2. The molecule has 2 aliphatic heterocycles. The molecule has 3 heterocycles. The Morgan fingerprint density at radius 1 is 1.27 bits per heavy atom. The summed E-state index contributed by atoms with van der Waals surface area (Å²) in [4.78, 5) is 22.7. The van der Waals surface area contributed by atoms with Gasteiger partial charge in [0.15, 0.2) is 5.75 Å². The number of hydrogen-bond donors (Lipinski definition) is 3. The Morgan fingerprint density at radius 3 is 2.90 bits per heavy atom. The fourth-order valence-electron chi connectivity index (χ4n) is 3.35. The molecule has 0 spiro atoms. The lowest BCUT2D eigenvalue weighted by molar-refractivity contribution is -0.131. The van der Waals surface area contributed by atoms with Crippen LogP contribution in [0.25, 0.3) is 5.57 Å². The van der Waals surface area contributed by atoms with Gasteiger partial charge in [0.25, 0.3) is 0 Å². The van der Waals surface area contributed by atoms with E-state index >= 15 is 0 Å². The van der Waals surface area contributed by atoms with E-state index in [2.05, 4.69) is 32.0 Å². The first-order chi connectivity index (χ1) is 14.7. The van der Waals surface area contributed by atoms with Gasteiger partial charge in [0.2, 0.25) is 17.7 Å². The second-order valence-corrected chi connectivity index (χ2v) is 6.97. The molecule has 0 radical (unpaired) electrons. The molecule has 0 aliphatic carbocycles. The fraction of sp³-hybridized carbons (Fsp3) is 0.333. The van der Waals surface area contributed by atoms with E-state index in [9.17, 15) is 10.1 Å². The van der Waals surface area contributed by atoms with Crippen LogP contribution in [0, 0.1) is 11.3 Å². The Morgan fingerprint density at radius 2 is 2.10 bits per heavy atom. The number of piperazine rings is 1. The topological polar surface area (TPSA) is 115 Å². The normalized spacial score (nSPS) is 16.7. The van der Waals surface area contributed by atoms with Crippen LogP contribution in [0.3, 0.4) is 0 Å². The summed E-state index contributed by atoms with van der Waals surface area (Å²) in [6.07, 6.45) is 2.76. The Kier molecular flexibility index (Phi) is 6.06. The summed E-state index contributed by atoms with van der Waals surface area (Å²) in [5, 5.41) is 19.1. The Labute approximate surface area is 174 Å². The van der Waals surface area contributed by atoms with Crippen LogP contribution in [0.1, 0.15) is 18.5 Å². The van der Waals surface area contributed by atoms with Crippen LogP contribution in [-0.4, -0.2) is 53.5 Å². The Balaban J connectivity index is 1.35. The van der Waals surface area contributed by atoms with Gasteiger partial charge in [-0.15, -0.1) is 0 Å². The summed E-state index contributed by atoms with van der Waals surface area (Å²) in [5.74, 6) is 1.60. The molecular formula is C21H23N7O2. The van der Waals surface area contributed by atoms with Crippen molar-refractivity contribution in [3.8, 4) is 11.8 Å². The lowest BCUT2D eigenvalue weighted by Crippen LogP contribution is -2.46. The molecule has 1 saturated heterocycles. The third-order valence-electron chi connectivity index (χ3n) is 4.92. The molecule has 154 valence electrons. The molecule has 0 atom stereocenters. The zero-order chi connectivity index (χ0) is 20.8. The minimum Gasteiger partial charge on any atom is -0.437 e. The SMILES string of the molecule is N#C/C(=C1\Nc2ccccc2O1)c1ccnc(NCCCC(=O)N2CCNCC2)n1. The predicted octanol–water partition coefficient (Wildman–Crippen LogP) is 1.80. The van der Waals surface area contributed by atoms with E-state index in [4.69, 9.17) is 4.74 Å². The summed E-state index contributed by atoms with van der Waals surface area (Å²) in [6, 6.07) is 11.3. The molecule has 1 amide bonds. The summed E-state index contributed by atoms with van der Waals surface area (Å²) in [6.45, 7) is 3.81. The molecule has 9 nitrogen and oxygen atoms in total. The number of nitriles is 1. The van der Waals surface area contributed by atoms with Crippen molar-refractivity contribution >= 4 is 23.1 Å². The molecule has 1 aromatic heterocycles. The van der Waals surface area contributed by atoms with E-state index in [-0.39, 0.29) is 5.91 Å². The first-order valence-corrected chi connectivity index (χ1v) is 9.98. The van der Waals surface area contributed by atoms with E-state index in [1.54, 1.807) is 12.3 Å². The molecular weight excluding hydrogens is 382 g/mol. The van der Waals surface area contributed by atoms with Crippen molar-refractivity contribution in [2.45, 2.75) is 12.8 Å². The maximum absolute atomic E-state index is 12.2. The summed E-state index contributed by atoms with van der Waals surface area (Å²) in [5.41, 5.74) is 1.56. The van der Waals surface area contributed by atoms with Gasteiger partial charge in [0, 0.05) is 45.3 Å². The highest BCUT2D eigenvalue weighted by Crippen LogP contribution is 2.35. The summed E-state index contributed by atoms with van der Waals surface area (Å²) in [7, 11) is 0. The number of amides is 1. The number of fused-ring (bicyclic) bond motifs is 1. The van der Waals surface area contributed by atoms with Crippen LogP contribution in [0.5, 0.6) is 5.75 Å². The monoisotopic (exact) mass is 405 g/mol. The van der Waals surface area contributed by atoms with E-state index in [0.717, 1.165) is 31.9 Å². The average Bonchev–Trinajstić information content (AvgIpc) is 3.22. The van der Waals surface area contributed by atoms with Gasteiger partial charge in [-0.25, -0.2) is 9.97 Å². The number of nitrogens with zero attached hydrogens (tertiary/aromatic N) is 4. The third kappa shape index (κ3) is 4.50. The van der Waals surface area contributed by atoms with Crippen molar-refractivity contribution in [1.29, 1.82) is 5.26 Å². The van der Waals surface area contributed by atoms with Gasteiger partial charge in [-0.1, -0.05) is 12.1 Å². The summed E-state index contributed by atoms with van der Waals surface area (Å²) < 4.78 is 5.76. The zero-order valence-corrected chi connectivity index (χ0v) is 16.5. The molecule has 0 bridgehead atoms. The highest BCUT2D eigenvalue weighted by atomic mass is 16.5. The van der Waals surface area contributed by atoms with Gasteiger partial charge in [-0.3, -0.25) is 4.79 Å². The van der Waals surface area contributed by atoms with Crippen molar-refractivity contribution < 1.29 is 9.53 Å². The molecule has 4 rings (SSSR count). The molecule has 1 aromatic carbocycles. The van der Waals surface area contributed by atoms with Crippen LogP contribution in [0.2, 0.25) is 0 Å². The largest absolute Gasteiger partial charge is 0.437 e. The number of rotatable bonds is 6. The maximum Gasteiger partial charge on any atom is 0.223 e. The average molecular weight is 405 g/mol. The van der Waals surface area contributed by atoms with Crippen molar-refractivity contribution in [3.63, 3.8) is 0 Å². The van der Waals surface area contributed by atoms with Gasteiger partial charge >= 0.3 is 0 Å². The second-order valence-electron chi connectivity index (χ2n) is 6.97. The quantitative estimate of drug-likeness (QED) is 0.492. The van der Waals surface area contributed by atoms with Crippen molar-refractivity contribution in [1.82, 2.24) is 20.2 Å². The van der Waals surface area contributed by atoms with Gasteiger partial charge in [-0.05, 0) is 24.6 Å². The number of hydrogen-bond acceptors (Lipinski definition) is 8. The van der Waals surface area contributed by atoms with Crippen LogP contribution in [0.4, 0.5) is 11.6 Å². The van der Waals surface area contributed by atoms with Crippen LogP contribution in [-0.2, 0) is 4.79 Å². The van der Waals surface area contributed by atoms with E-state index in [1.165, 1.54) is 0 Å². The van der Waals surface area contributed by atoms with Crippen LogP contribution >= 0.6 is 0 Å². The first kappa shape index (κ1) is 19.7. The number of nitrogens with one attached hydrogen (secondary N) is 3. The minimum atomic E-state index is 0.175. The zero-order valence-electron chi connectivity index (χ0n) is 16.5. The van der Waals surface area contributed by atoms with Crippen molar-refractivity contribution in [3.05, 3.63) is 48.1 Å². The molecule has 0 saturated carbocycles. The lowest BCUT2D eigenvalue weighted by atomic mass is 10.2. The predicted molar refractivity (Wildman–Crippen MR) is 112 cm³/mol. The van der Waals surface area contributed by atoms with Gasteiger partial charge in [-0.2, -0.15) is 5.26 Å². The number of ether oxygens (including phenoxy) is 1. The van der Waals surface area contributed by atoms with E-state index in [0.29, 0.717) is 48.2 Å². The van der Waals surface area contributed by atoms with E-state index < -0.39 is 0 Å². The molecule has 1 fully saturated rings. The maximum atomic E-state index is 12.2. The number of carbonyl (C=O) groups excluding carboxylic acids is 1. The molecule has 30 heavy (non-hydrogen) atoms. The Bertz CT molecular complexity index is 966. The van der Waals surface area contributed by atoms with Crippen LogP contribution < -0.4 is 20.7 Å². The highest BCUT2D eigenvalue weighted by molar-refractivity contribution is 5.81. The number of benzene rings is 1. The van der Waals surface area contributed by atoms with Gasteiger partial charge in [0.1, 0.15) is 11.6 Å². The number of carbonyl (C=O) groups is 1. The molecule has 0 unspecified atom stereocenters. The minimum absolute atomic E-state index is 0.175. The third-order valence-corrected chi connectivity index (χ3v) is 4.92. The highest BCUT2D eigenvalue weighted by Gasteiger charge is 2.22. The fourth-order valence-corrected chi connectivity index (χ4v) is 3.35. The molecule has 2 aliphatic rings. The molecule has 2 aromatic rings.